The van der Waals surface area contributed by atoms with E-state index in [1.54, 1.807) is 12.1 Å². The SMILES string of the molecule is NC(=O)Nc1ccc(CNC(=O)CCNC(=O)C23CC4CC(CC(C4)C2)C3)cc1. The predicted molar refractivity (Wildman–Crippen MR) is 110 cm³/mol. The second-order valence-electron chi connectivity index (χ2n) is 9.17. The van der Waals surface area contributed by atoms with E-state index in [0.717, 1.165) is 42.6 Å². The molecule has 29 heavy (non-hydrogen) atoms. The highest BCUT2D eigenvalue weighted by Crippen LogP contribution is 2.60. The van der Waals surface area contributed by atoms with Crippen LogP contribution < -0.4 is 21.7 Å². The zero-order valence-electron chi connectivity index (χ0n) is 16.7. The number of primary amides is 1. The van der Waals surface area contributed by atoms with E-state index in [4.69, 9.17) is 5.73 Å². The van der Waals surface area contributed by atoms with Crippen LogP contribution in [-0.4, -0.2) is 24.4 Å². The van der Waals surface area contributed by atoms with E-state index < -0.39 is 6.03 Å². The number of anilines is 1. The van der Waals surface area contributed by atoms with E-state index in [2.05, 4.69) is 16.0 Å². The van der Waals surface area contributed by atoms with Crippen LogP contribution in [0.25, 0.3) is 0 Å². The van der Waals surface area contributed by atoms with Gasteiger partial charge >= 0.3 is 6.03 Å². The highest BCUT2D eigenvalue weighted by Gasteiger charge is 2.54. The summed E-state index contributed by atoms with van der Waals surface area (Å²) in [5, 5.41) is 8.40. The van der Waals surface area contributed by atoms with E-state index in [0.29, 0.717) is 18.8 Å². The Kier molecular flexibility index (Phi) is 5.48. The first-order valence-electron chi connectivity index (χ1n) is 10.6. The van der Waals surface area contributed by atoms with Gasteiger partial charge in [0.05, 0.1) is 0 Å². The summed E-state index contributed by atoms with van der Waals surface area (Å²) in [6.45, 7) is 0.784. The van der Waals surface area contributed by atoms with E-state index >= 15 is 0 Å². The van der Waals surface area contributed by atoms with E-state index in [1.807, 2.05) is 12.1 Å². The zero-order valence-corrected chi connectivity index (χ0v) is 16.7. The molecule has 0 atom stereocenters. The minimum Gasteiger partial charge on any atom is -0.355 e. The lowest BCUT2D eigenvalue weighted by atomic mass is 9.49. The molecule has 0 aliphatic heterocycles. The second kappa shape index (κ2) is 8.05. The van der Waals surface area contributed by atoms with Crippen molar-refractivity contribution in [2.24, 2.45) is 28.9 Å². The van der Waals surface area contributed by atoms with Crippen LogP contribution in [0.1, 0.15) is 50.5 Å². The average molecular weight is 399 g/mol. The molecular formula is C22H30N4O3. The third kappa shape index (κ3) is 4.54. The van der Waals surface area contributed by atoms with Crippen LogP contribution in [0.4, 0.5) is 10.5 Å². The van der Waals surface area contributed by atoms with Crippen molar-refractivity contribution in [3.63, 3.8) is 0 Å². The first kappa shape index (κ1) is 19.7. The standard InChI is InChI=1S/C22H30N4O3/c23-21(29)26-18-3-1-14(2-4-18)13-25-19(27)5-6-24-20(28)22-10-15-7-16(11-22)9-17(8-15)12-22/h1-4,15-17H,5-13H2,(H,24,28)(H,25,27)(H3,23,26,29). The van der Waals surface area contributed by atoms with Gasteiger partial charge in [-0.25, -0.2) is 4.79 Å². The van der Waals surface area contributed by atoms with Crippen LogP contribution in [0.3, 0.4) is 0 Å². The Morgan fingerprint density at radius 1 is 0.931 bits per heavy atom. The van der Waals surface area contributed by atoms with Gasteiger partial charge in [0.15, 0.2) is 0 Å². The number of nitrogens with two attached hydrogens (primary N) is 1. The van der Waals surface area contributed by atoms with Crippen LogP contribution in [0.5, 0.6) is 0 Å². The number of rotatable bonds is 7. The van der Waals surface area contributed by atoms with Crippen LogP contribution in [0, 0.1) is 23.2 Å². The van der Waals surface area contributed by atoms with Crippen molar-refractivity contribution in [1.29, 1.82) is 0 Å². The van der Waals surface area contributed by atoms with Crippen molar-refractivity contribution in [2.75, 3.05) is 11.9 Å². The topological polar surface area (TPSA) is 113 Å². The Balaban J connectivity index is 1.18. The molecule has 7 heteroatoms. The maximum Gasteiger partial charge on any atom is 0.316 e. The quantitative estimate of drug-likeness (QED) is 0.566. The maximum atomic E-state index is 12.9. The number of carbonyl (C=O) groups is 3. The van der Waals surface area contributed by atoms with Crippen LogP contribution in [0.2, 0.25) is 0 Å². The van der Waals surface area contributed by atoms with Gasteiger partial charge in [0.1, 0.15) is 0 Å². The molecule has 0 unspecified atom stereocenters. The summed E-state index contributed by atoms with van der Waals surface area (Å²) in [5.74, 6) is 2.29. The monoisotopic (exact) mass is 398 g/mol. The molecule has 0 heterocycles. The third-order valence-corrected chi connectivity index (χ3v) is 6.87. The van der Waals surface area contributed by atoms with Crippen molar-refractivity contribution in [3.05, 3.63) is 29.8 Å². The Bertz CT molecular complexity index is 754. The van der Waals surface area contributed by atoms with Gasteiger partial charge in [-0.3, -0.25) is 9.59 Å². The predicted octanol–water partition coefficient (Wildman–Crippen LogP) is 2.52. The smallest absolute Gasteiger partial charge is 0.316 e. The van der Waals surface area contributed by atoms with Gasteiger partial charge in [0.25, 0.3) is 0 Å². The Labute approximate surface area is 171 Å². The van der Waals surface area contributed by atoms with Gasteiger partial charge in [0, 0.05) is 30.6 Å². The van der Waals surface area contributed by atoms with Crippen molar-refractivity contribution in [2.45, 2.75) is 51.5 Å². The lowest BCUT2D eigenvalue weighted by molar-refractivity contribution is -0.146. The zero-order chi connectivity index (χ0) is 20.4. The van der Waals surface area contributed by atoms with E-state index in [1.165, 1.54) is 19.3 Å². The molecule has 7 nitrogen and oxygen atoms in total. The van der Waals surface area contributed by atoms with E-state index in [9.17, 15) is 14.4 Å². The normalized spacial score (nSPS) is 29.3. The number of hydrogen-bond donors (Lipinski definition) is 4. The lowest BCUT2D eigenvalue weighted by Crippen LogP contribution is -2.53. The third-order valence-electron chi connectivity index (χ3n) is 6.87. The number of hydrogen-bond acceptors (Lipinski definition) is 3. The van der Waals surface area contributed by atoms with Crippen molar-refractivity contribution in [1.82, 2.24) is 10.6 Å². The summed E-state index contributed by atoms with van der Waals surface area (Å²) in [6, 6.07) is 6.50. The summed E-state index contributed by atoms with van der Waals surface area (Å²) in [6.07, 6.45) is 7.34. The molecule has 5 rings (SSSR count). The fraction of sp³-hybridized carbons (Fsp3) is 0.591. The molecule has 4 aliphatic rings. The van der Waals surface area contributed by atoms with Gasteiger partial charge in [-0.2, -0.15) is 0 Å². The fourth-order valence-electron chi connectivity index (χ4n) is 6.00. The van der Waals surface area contributed by atoms with Crippen molar-refractivity contribution >= 4 is 23.5 Å². The maximum absolute atomic E-state index is 12.9. The van der Waals surface area contributed by atoms with Gasteiger partial charge in [-0.05, 0) is 74.0 Å². The highest BCUT2D eigenvalue weighted by atomic mass is 16.2. The number of amides is 4. The molecule has 1 aromatic carbocycles. The number of urea groups is 1. The number of benzene rings is 1. The highest BCUT2D eigenvalue weighted by molar-refractivity contribution is 5.87. The summed E-state index contributed by atoms with van der Waals surface area (Å²) in [5.41, 5.74) is 6.45. The van der Waals surface area contributed by atoms with Crippen molar-refractivity contribution in [3.8, 4) is 0 Å². The molecular weight excluding hydrogens is 368 g/mol. The molecule has 0 aromatic heterocycles. The number of nitrogens with one attached hydrogen (secondary N) is 3. The largest absolute Gasteiger partial charge is 0.355 e. The Hall–Kier alpha value is -2.57. The molecule has 4 bridgehead atoms. The van der Waals surface area contributed by atoms with E-state index in [-0.39, 0.29) is 23.7 Å². The van der Waals surface area contributed by atoms with Gasteiger partial charge < -0.3 is 21.7 Å². The Morgan fingerprint density at radius 2 is 1.52 bits per heavy atom. The lowest BCUT2D eigenvalue weighted by Gasteiger charge is -2.55. The minimum absolute atomic E-state index is 0.0878. The van der Waals surface area contributed by atoms with Crippen LogP contribution >= 0.6 is 0 Å². The van der Waals surface area contributed by atoms with Crippen molar-refractivity contribution < 1.29 is 14.4 Å². The minimum atomic E-state index is -0.610. The molecule has 5 N–H and O–H groups in total. The molecule has 4 fully saturated rings. The molecule has 0 radical (unpaired) electrons. The molecule has 0 spiro atoms. The van der Waals surface area contributed by atoms with Gasteiger partial charge in [-0.15, -0.1) is 0 Å². The molecule has 4 amide bonds. The molecule has 4 saturated carbocycles. The summed E-state index contributed by atoms with van der Waals surface area (Å²) in [4.78, 5) is 35.8. The van der Waals surface area contributed by atoms with Gasteiger partial charge in [-0.1, -0.05) is 12.1 Å². The Morgan fingerprint density at radius 3 is 2.07 bits per heavy atom. The average Bonchev–Trinajstić information content (AvgIpc) is 2.66. The second-order valence-corrected chi connectivity index (χ2v) is 9.17. The molecule has 4 aliphatic carbocycles. The summed E-state index contributed by atoms with van der Waals surface area (Å²) in [7, 11) is 0. The summed E-state index contributed by atoms with van der Waals surface area (Å²) < 4.78 is 0. The van der Waals surface area contributed by atoms with Crippen LogP contribution in [-0.2, 0) is 16.1 Å². The first-order valence-corrected chi connectivity index (χ1v) is 10.6. The fourth-order valence-corrected chi connectivity index (χ4v) is 6.00. The molecule has 0 saturated heterocycles. The molecule has 156 valence electrons. The number of carbonyl (C=O) groups excluding carboxylic acids is 3. The molecule has 1 aromatic rings. The summed E-state index contributed by atoms with van der Waals surface area (Å²) >= 11 is 0. The van der Waals surface area contributed by atoms with Crippen LogP contribution in [0.15, 0.2) is 24.3 Å². The van der Waals surface area contributed by atoms with Gasteiger partial charge in [0.2, 0.25) is 11.8 Å². The first-order chi connectivity index (χ1) is 13.9.